The number of carboxylic acids is 1. The van der Waals surface area contributed by atoms with Crippen LogP contribution in [0.2, 0.25) is 5.02 Å². The molecular weight excluding hydrogens is 344 g/mol. The minimum atomic E-state index is -0.963. The first kappa shape index (κ1) is 13.6. The van der Waals surface area contributed by atoms with Crippen LogP contribution in [0.25, 0.3) is 5.69 Å². The molecule has 4 nitrogen and oxygen atoms in total. The van der Waals surface area contributed by atoms with Gasteiger partial charge in [-0.2, -0.15) is 5.10 Å². The fourth-order valence-corrected chi connectivity index (χ4v) is 3.09. The van der Waals surface area contributed by atoms with E-state index in [-0.39, 0.29) is 5.69 Å². The number of fused-ring (bicyclic) bond motifs is 1. The first-order valence-electron chi connectivity index (χ1n) is 6.37. The fourth-order valence-electron chi connectivity index (χ4n) is 2.60. The average molecular weight is 356 g/mol. The summed E-state index contributed by atoms with van der Waals surface area (Å²) in [6.07, 6.45) is 3.72. The Balaban J connectivity index is 2.18. The zero-order chi connectivity index (χ0) is 14.3. The van der Waals surface area contributed by atoms with Crippen molar-refractivity contribution >= 4 is 33.5 Å². The standard InChI is InChI=1S/C14H12BrClN2O2/c15-10-7-8(5-6-11(10)16)18-12-4-2-1-3-9(12)13(17-18)14(19)20/h5-7H,1-4H2,(H,19,20). The second-order valence-corrected chi connectivity index (χ2v) is 6.06. The lowest BCUT2D eigenvalue weighted by molar-refractivity contribution is 0.0688. The highest BCUT2D eigenvalue weighted by atomic mass is 79.9. The van der Waals surface area contributed by atoms with E-state index >= 15 is 0 Å². The Morgan fingerprint density at radius 2 is 2.10 bits per heavy atom. The second-order valence-electron chi connectivity index (χ2n) is 4.80. The minimum absolute atomic E-state index is 0.172. The number of halogens is 2. The first-order valence-corrected chi connectivity index (χ1v) is 7.54. The van der Waals surface area contributed by atoms with Crippen molar-refractivity contribution in [3.05, 3.63) is 44.6 Å². The lowest BCUT2D eigenvalue weighted by Crippen LogP contribution is -2.08. The van der Waals surface area contributed by atoms with Crippen LogP contribution in [0.15, 0.2) is 22.7 Å². The van der Waals surface area contributed by atoms with E-state index in [9.17, 15) is 9.90 Å². The monoisotopic (exact) mass is 354 g/mol. The molecule has 0 aliphatic heterocycles. The third-order valence-corrected chi connectivity index (χ3v) is 4.74. The predicted molar refractivity (Wildman–Crippen MR) is 79.9 cm³/mol. The molecule has 0 spiro atoms. The molecular formula is C14H12BrClN2O2. The van der Waals surface area contributed by atoms with Gasteiger partial charge >= 0.3 is 5.97 Å². The van der Waals surface area contributed by atoms with E-state index in [0.29, 0.717) is 5.02 Å². The van der Waals surface area contributed by atoms with Gasteiger partial charge in [-0.15, -0.1) is 0 Å². The van der Waals surface area contributed by atoms with Crippen LogP contribution in [-0.4, -0.2) is 20.9 Å². The van der Waals surface area contributed by atoms with Gasteiger partial charge in [0.15, 0.2) is 5.69 Å². The molecule has 0 saturated heterocycles. The minimum Gasteiger partial charge on any atom is -0.476 e. The van der Waals surface area contributed by atoms with Crippen LogP contribution >= 0.6 is 27.5 Å². The molecule has 0 unspecified atom stereocenters. The van der Waals surface area contributed by atoms with Gasteiger partial charge in [0, 0.05) is 15.7 Å². The van der Waals surface area contributed by atoms with Gasteiger partial charge in [0.1, 0.15) is 0 Å². The normalized spacial score (nSPS) is 14.1. The van der Waals surface area contributed by atoms with Crippen molar-refractivity contribution in [3.63, 3.8) is 0 Å². The molecule has 104 valence electrons. The summed E-state index contributed by atoms with van der Waals surface area (Å²) in [5, 5.41) is 14.2. The van der Waals surface area contributed by atoms with Gasteiger partial charge in [-0.25, -0.2) is 9.48 Å². The summed E-state index contributed by atoms with van der Waals surface area (Å²) in [5.74, 6) is -0.963. The number of aromatic carboxylic acids is 1. The molecule has 0 amide bonds. The average Bonchev–Trinajstić information content (AvgIpc) is 2.82. The highest BCUT2D eigenvalue weighted by Gasteiger charge is 2.25. The highest BCUT2D eigenvalue weighted by molar-refractivity contribution is 9.10. The van der Waals surface area contributed by atoms with E-state index < -0.39 is 5.97 Å². The molecule has 1 heterocycles. The Bertz CT molecular complexity index is 697. The molecule has 3 rings (SSSR count). The topological polar surface area (TPSA) is 55.1 Å². The van der Waals surface area contributed by atoms with Crippen molar-refractivity contribution in [3.8, 4) is 5.69 Å². The maximum atomic E-state index is 11.3. The van der Waals surface area contributed by atoms with Crippen LogP contribution in [0.4, 0.5) is 0 Å². The summed E-state index contributed by atoms with van der Waals surface area (Å²) in [6, 6.07) is 5.48. The number of hydrogen-bond acceptors (Lipinski definition) is 2. The lowest BCUT2D eigenvalue weighted by Gasteiger charge is -2.14. The van der Waals surface area contributed by atoms with Crippen LogP contribution in [0.5, 0.6) is 0 Å². The Kier molecular flexibility index (Phi) is 3.56. The molecule has 1 N–H and O–H groups in total. The summed E-state index contributed by atoms with van der Waals surface area (Å²) in [7, 11) is 0. The molecule has 2 aromatic rings. The van der Waals surface area contributed by atoms with Crippen LogP contribution in [0.1, 0.15) is 34.6 Å². The van der Waals surface area contributed by atoms with Gasteiger partial charge in [-0.3, -0.25) is 0 Å². The number of hydrogen-bond donors (Lipinski definition) is 1. The molecule has 0 radical (unpaired) electrons. The quantitative estimate of drug-likeness (QED) is 0.890. The fraction of sp³-hybridized carbons (Fsp3) is 0.286. The van der Waals surface area contributed by atoms with Gasteiger partial charge in [-0.1, -0.05) is 11.6 Å². The summed E-state index contributed by atoms with van der Waals surface area (Å²) in [5.41, 5.74) is 2.87. The van der Waals surface area contributed by atoms with E-state index in [4.69, 9.17) is 11.6 Å². The molecule has 0 atom stereocenters. The lowest BCUT2D eigenvalue weighted by atomic mass is 9.95. The molecule has 0 saturated carbocycles. The van der Waals surface area contributed by atoms with E-state index in [2.05, 4.69) is 21.0 Å². The van der Waals surface area contributed by atoms with Crippen molar-refractivity contribution in [1.82, 2.24) is 9.78 Å². The number of carboxylic acid groups (broad SMARTS) is 1. The largest absolute Gasteiger partial charge is 0.476 e. The van der Waals surface area contributed by atoms with Gasteiger partial charge in [0.05, 0.1) is 10.7 Å². The molecule has 0 bridgehead atoms. The number of aromatic nitrogens is 2. The van der Waals surface area contributed by atoms with Crippen LogP contribution in [-0.2, 0) is 12.8 Å². The van der Waals surface area contributed by atoms with Gasteiger partial charge in [0.25, 0.3) is 0 Å². The maximum absolute atomic E-state index is 11.3. The zero-order valence-electron chi connectivity index (χ0n) is 10.6. The Hall–Kier alpha value is -1.33. The highest BCUT2D eigenvalue weighted by Crippen LogP contribution is 2.30. The van der Waals surface area contributed by atoms with Crippen molar-refractivity contribution < 1.29 is 9.90 Å². The molecule has 1 aliphatic rings. The van der Waals surface area contributed by atoms with Crippen molar-refractivity contribution in [2.75, 3.05) is 0 Å². The van der Waals surface area contributed by atoms with Crippen molar-refractivity contribution in [2.24, 2.45) is 0 Å². The molecule has 1 aliphatic carbocycles. The van der Waals surface area contributed by atoms with Crippen LogP contribution in [0.3, 0.4) is 0 Å². The van der Waals surface area contributed by atoms with Crippen LogP contribution in [0, 0.1) is 0 Å². The third kappa shape index (κ3) is 2.25. The molecule has 1 aromatic heterocycles. The first-order chi connectivity index (χ1) is 9.58. The smallest absolute Gasteiger partial charge is 0.356 e. The molecule has 20 heavy (non-hydrogen) atoms. The maximum Gasteiger partial charge on any atom is 0.356 e. The summed E-state index contributed by atoms with van der Waals surface area (Å²) >= 11 is 9.38. The Morgan fingerprint density at radius 1 is 1.35 bits per heavy atom. The Labute approximate surface area is 129 Å². The third-order valence-electron chi connectivity index (χ3n) is 3.53. The Morgan fingerprint density at radius 3 is 2.80 bits per heavy atom. The number of rotatable bonds is 2. The predicted octanol–water partition coefficient (Wildman–Crippen LogP) is 3.87. The van der Waals surface area contributed by atoms with E-state index in [1.54, 1.807) is 10.7 Å². The number of benzene rings is 1. The number of nitrogens with zero attached hydrogens (tertiary/aromatic N) is 2. The molecule has 6 heteroatoms. The number of carbonyl (C=O) groups is 1. The van der Waals surface area contributed by atoms with Crippen LogP contribution < -0.4 is 0 Å². The van der Waals surface area contributed by atoms with Crippen molar-refractivity contribution in [1.29, 1.82) is 0 Å². The summed E-state index contributed by atoms with van der Waals surface area (Å²) in [6.45, 7) is 0. The van der Waals surface area contributed by atoms with E-state index in [0.717, 1.165) is 47.1 Å². The van der Waals surface area contributed by atoms with E-state index in [1.165, 1.54) is 0 Å². The second kappa shape index (κ2) is 5.22. The van der Waals surface area contributed by atoms with E-state index in [1.807, 2.05) is 12.1 Å². The van der Waals surface area contributed by atoms with Gasteiger partial charge in [0.2, 0.25) is 0 Å². The van der Waals surface area contributed by atoms with Crippen molar-refractivity contribution in [2.45, 2.75) is 25.7 Å². The summed E-state index contributed by atoms with van der Waals surface area (Å²) in [4.78, 5) is 11.3. The van der Waals surface area contributed by atoms with Gasteiger partial charge in [-0.05, 0) is 59.8 Å². The molecule has 1 aromatic carbocycles. The SMILES string of the molecule is O=C(O)c1nn(-c2ccc(Cl)c(Br)c2)c2c1CCCC2. The summed E-state index contributed by atoms with van der Waals surface area (Å²) < 4.78 is 2.51. The molecule has 0 fully saturated rings. The zero-order valence-corrected chi connectivity index (χ0v) is 12.9. The van der Waals surface area contributed by atoms with Gasteiger partial charge < -0.3 is 5.11 Å².